The molecule has 17 heavy (non-hydrogen) atoms. The molecular formula is C9H7F2NO5. The van der Waals surface area contributed by atoms with Crippen molar-refractivity contribution in [2.75, 3.05) is 0 Å². The van der Waals surface area contributed by atoms with Crippen LogP contribution in [-0.2, 0) is 11.2 Å². The zero-order chi connectivity index (χ0) is 13.2. The maximum absolute atomic E-state index is 12.8. The molecule has 0 saturated carbocycles. The van der Waals surface area contributed by atoms with E-state index in [0.29, 0.717) is 6.07 Å². The number of aliphatic carboxylic acids is 1. The highest BCUT2D eigenvalue weighted by molar-refractivity contribution is 5.75. The fraction of sp³-hybridized carbons (Fsp3) is 0.222. The summed E-state index contributed by atoms with van der Waals surface area (Å²) in [4.78, 5) is 19.6. The largest absolute Gasteiger partial charge is 0.502 e. The van der Waals surface area contributed by atoms with Crippen LogP contribution in [0.25, 0.3) is 0 Å². The minimum absolute atomic E-state index is 0.248. The molecule has 6 nitrogen and oxygen atoms in total. The Kier molecular flexibility index (Phi) is 3.26. The van der Waals surface area contributed by atoms with Gasteiger partial charge in [-0.1, -0.05) is 6.07 Å². The van der Waals surface area contributed by atoms with Crippen molar-refractivity contribution in [3.63, 3.8) is 0 Å². The van der Waals surface area contributed by atoms with Gasteiger partial charge in [0.05, 0.1) is 4.92 Å². The van der Waals surface area contributed by atoms with Crippen LogP contribution in [0, 0.1) is 10.1 Å². The van der Waals surface area contributed by atoms with Gasteiger partial charge >= 0.3 is 17.6 Å². The van der Waals surface area contributed by atoms with Crippen LogP contribution < -0.4 is 0 Å². The molecule has 1 aromatic rings. The minimum atomic E-state index is -4.01. The van der Waals surface area contributed by atoms with E-state index in [9.17, 15) is 23.7 Å². The number of carboxylic acids is 1. The molecule has 0 spiro atoms. The Morgan fingerprint density at radius 2 is 2.06 bits per heavy atom. The number of phenols is 1. The van der Waals surface area contributed by atoms with Crippen LogP contribution in [0.3, 0.4) is 0 Å². The molecule has 0 heterocycles. The van der Waals surface area contributed by atoms with Gasteiger partial charge in [0, 0.05) is 12.5 Å². The number of hydrogen-bond acceptors (Lipinski definition) is 4. The van der Waals surface area contributed by atoms with Crippen molar-refractivity contribution < 1.29 is 28.7 Å². The number of carboxylic acid groups (broad SMARTS) is 1. The van der Waals surface area contributed by atoms with Gasteiger partial charge in [0.15, 0.2) is 5.75 Å². The van der Waals surface area contributed by atoms with Crippen molar-refractivity contribution in [3.8, 4) is 5.75 Å². The number of aromatic hydroxyl groups is 1. The molecular weight excluding hydrogens is 240 g/mol. The van der Waals surface area contributed by atoms with Crippen molar-refractivity contribution in [1.82, 2.24) is 0 Å². The van der Waals surface area contributed by atoms with Gasteiger partial charge in [0.1, 0.15) is 0 Å². The quantitative estimate of drug-likeness (QED) is 0.621. The second-order valence-corrected chi connectivity index (χ2v) is 3.27. The molecule has 92 valence electrons. The third kappa shape index (κ3) is 2.86. The predicted molar refractivity (Wildman–Crippen MR) is 51.0 cm³/mol. The lowest BCUT2D eigenvalue weighted by molar-refractivity contribution is -0.385. The van der Waals surface area contributed by atoms with Crippen LogP contribution in [0.15, 0.2) is 18.2 Å². The number of carbonyl (C=O) groups is 1. The summed E-state index contributed by atoms with van der Waals surface area (Å²) in [6.07, 6.45) is -1.18. The lowest BCUT2D eigenvalue weighted by Gasteiger charge is -2.10. The molecule has 0 fully saturated rings. The van der Waals surface area contributed by atoms with E-state index in [0.717, 1.165) is 12.1 Å². The van der Waals surface area contributed by atoms with Gasteiger partial charge in [-0.05, 0) is 11.6 Å². The highest BCUT2D eigenvalue weighted by Gasteiger charge is 2.39. The second kappa shape index (κ2) is 4.32. The van der Waals surface area contributed by atoms with Crippen molar-refractivity contribution in [3.05, 3.63) is 33.9 Å². The first-order valence-electron chi connectivity index (χ1n) is 4.31. The first-order valence-corrected chi connectivity index (χ1v) is 4.31. The molecule has 0 bridgehead atoms. The molecule has 1 rings (SSSR count). The van der Waals surface area contributed by atoms with Gasteiger partial charge in [-0.25, -0.2) is 4.79 Å². The lowest BCUT2D eigenvalue weighted by Crippen LogP contribution is -2.30. The summed E-state index contributed by atoms with van der Waals surface area (Å²) in [6.45, 7) is 0. The van der Waals surface area contributed by atoms with Crippen LogP contribution in [-0.4, -0.2) is 27.0 Å². The van der Waals surface area contributed by atoms with E-state index in [1.807, 2.05) is 0 Å². The Morgan fingerprint density at radius 3 is 2.53 bits per heavy atom. The fourth-order valence-electron chi connectivity index (χ4n) is 1.16. The average Bonchev–Trinajstić information content (AvgIpc) is 2.20. The van der Waals surface area contributed by atoms with Crippen molar-refractivity contribution in [1.29, 1.82) is 0 Å². The summed E-state index contributed by atoms with van der Waals surface area (Å²) in [7, 11) is 0. The summed E-state index contributed by atoms with van der Waals surface area (Å²) in [5.41, 5.74) is -0.995. The Balaban J connectivity index is 3.05. The first kappa shape index (κ1) is 12.8. The van der Waals surface area contributed by atoms with E-state index in [2.05, 4.69) is 0 Å². The van der Waals surface area contributed by atoms with Crippen LogP contribution >= 0.6 is 0 Å². The van der Waals surface area contributed by atoms with E-state index in [4.69, 9.17) is 10.2 Å². The van der Waals surface area contributed by atoms with Gasteiger partial charge < -0.3 is 10.2 Å². The van der Waals surface area contributed by atoms with E-state index >= 15 is 0 Å². The normalized spacial score (nSPS) is 11.2. The Morgan fingerprint density at radius 1 is 1.47 bits per heavy atom. The number of nitro groups is 1. The molecule has 0 aromatic heterocycles. The van der Waals surface area contributed by atoms with E-state index in [1.54, 1.807) is 0 Å². The van der Waals surface area contributed by atoms with E-state index < -0.39 is 34.7 Å². The molecule has 1 aromatic carbocycles. The summed E-state index contributed by atoms with van der Waals surface area (Å²) in [5.74, 6) is -6.99. The fourth-order valence-corrected chi connectivity index (χ4v) is 1.16. The van der Waals surface area contributed by atoms with Gasteiger partial charge in [0.2, 0.25) is 0 Å². The third-order valence-corrected chi connectivity index (χ3v) is 1.98. The number of phenolic OH excluding ortho intramolecular Hbond substituents is 1. The molecule has 0 aliphatic carbocycles. The van der Waals surface area contributed by atoms with Crippen molar-refractivity contribution in [2.45, 2.75) is 12.3 Å². The summed E-state index contributed by atoms with van der Waals surface area (Å²) in [6, 6.07) is 2.58. The maximum atomic E-state index is 12.8. The number of halogens is 2. The smallest absolute Gasteiger partial charge is 0.374 e. The van der Waals surface area contributed by atoms with Crippen LogP contribution in [0.2, 0.25) is 0 Å². The number of hydrogen-bond donors (Lipinski definition) is 2. The molecule has 8 heteroatoms. The molecule has 0 unspecified atom stereocenters. The summed E-state index contributed by atoms with van der Waals surface area (Å²) < 4.78 is 25.7. The second-order valence-electron chi connectivity index (χ2n) is 3.27. The van der Waals surface area contributed by atoms with Crippen LogP contribution in [0.4, 0.5) is 14.5 Å². The molecule has 0 radical (unpaired) electrons. The number of nitrogens with zero attached hydrogens (tertiary/aromatic N) is 1. The Labute approximate surface area is 93.3 Å². The van der Waals surface area contributed by atoms with Crippen LogP contribution in [0.5, 0.6) is 5.75 Å². The number of rotatable bonds is 4. The van der Waals surface area contributed by atoms with Crippen LogP contribution in [0.1, 0.15) is 5.56 Å². The molecule has 0 aliphatic heterocycles. The zero-order valence-electron chi connectivity index (χ0n) is 8.26. The SMILES string of the molecule is O=C(O)C(F)(F)Cc1ccc(O)c([N+](=O)[O-])c1. The third-order valence-electron chi connectivity index (χ3n) is 1.98. The topological polar surface area (TPSA) is 101 Å². The standard InChI is InChI=1S/C9H7F2NO5/c10-9(11,8(14)15)4-5-1-2-7(13)6(3-5)12(16)17/h1-3,13H,4H2,(H,14,15). The van der Waals surface area contributed by atoms with Gasteiger partial charge in [0.25, 0.3) is 0 Å². The molecule has 0 atom stereocenters. The number of benzene rings is 1. The molecule has 0 saturated heterocycles. The molecule has 0 amide bonds. The Hall–Kier alpha value is -2.25. The van der Waals surface area contributed by atoms with E-state index in [-0.39, 0.29) is 5.56 Å². The zero-order valence-corrected chi connectivity index (χ0v) is 8.26. The first-order chi connectivity index (χ1) is 7.74. The number of alkyl halides is 2. The van der Waals surface area contributed by atoms with Crippen molar-refractivity contribution in [2.24, 2.45) is 0 Å². The van der Waals surface area contributed by atoms with Crippen molar-refractivity contribution >= 4 is 11.7 Å². The summed E-state index contributed by atoms with van der Waals surface area (Å²) in [5, 5.41) is 27.7. The highest BCUT2D eigenvalue weighted by Crippen LogP contribution is 2.29. The maximum Gasteiger partial charge on any atom is 0.374 e. The molecule has 2 N–H and O–H groups in total. The lowest BCUT2D eigenvalue weighted by atomic mass is 10.1. The molecule has 0 aliphatic rings. The van der Waals surface area contributed by atoms with Gasteiger partial charge in [-0.2, -0.15) is 8.78 Å². The average molecular weight is 247 g/mol. The minimum Gasteiger partial charge on any atom is -0.502 e. The monoisotopic (exact) mass is 247 g/mol. The number of nitro benzene ring substituents is 1. The summed E-state index contributed by atoms with van der Waals surface area (Å²) >= 11 is 0. The highest BCUT2D eigenvalue weighted by atomic mass is 19.3. The van der Waals surface area contributed by atoms with Gasteiger partial charge in [-0.3, -0.25) is 10.1 Å². The predicted octanol–water partition coefficient (Wildman–Crippen LogP) is 1.56. The van der Waals surface area contributed by atoms with Gasteiger partial charge in [-0.15, -0.1) is 0 Å². The Bertz CT molecular complexity index is 474. The van der Waals surface area contributed by atoms with E-state index in [1.165, 1.54) is 0 Å².